The number of halogens is 1. The van der Waals surface area contributed by atoms with E-state index >= 15 is 0 Å². The van der Waals surface area contributed by atoms with Crippen molar-refractivity contribution in [3.63, 3.8) is 0 Å². The predicted octanol–water partition coefficient (Wildman–Crippen LogP) is 2.46. The van der Waals surface area contributed by atoms with Crippen LogP contribution in [-0.2, 0) is 9.53 Å². The van der Waals surface area contributed by atoms with E-state index in [0.29, 0.717) is 5.56 Å². The van der Waals surface area contributed by atoms with Crippen molar-refractivity contribution < 1.29 is 9.53 Å². The minimum Gasteiger partial charge on any atom is -0.467 e. The van der Waals surface area contributed by atoms with Gasteiger partial charge in [0.15, 0.2) is 0 Å². The number of ether oxygens (including phenoxy) is 1. The van der Waals surface area contributed by atoms with Gasteiger partial charge in [0.1, 0.15) is 12.1 Å². The molecule has 1 aromatic rings. The number of methoxy groups -OCH3 is 1. The molecule has 2 rings (SSSR count). The zero-order chi connectivity index (χ0) is 13.1. The highest BCUT2D eigenvalue weighted by molar-refractivity contribution is 9.10. The summed E-state index contributed by atoms with van der Waals surface area (Å²) in [5.74, 6) is -0.239. The first-order chi connectivity index (χ1) is 8.67. The average molecular weight is 309 g/mol. The molecule has 1 fully saturated rings. The van der Waals surface area contributed by atoms with Crippen LogP contribution in [0.1, 0.15) is 18.4 Å². The summed E-state index contributed by atoms with van der Waals surface area (Å²) in [6.45, 7) is 0.769. The summed E-state index contributed by atoms with van der Waals surface area (Å²) < 4.78 is 5.71. The molecule has 1 aliphatic heterocycles. The highest BCUT2D eigenvalue weighted by Gasteiger charge is 2.32. The molecular weight excluding hydrogens is 296 g/mol. The number of hydrogen-bond acceptors (Lipinski definition) is 4. The van der Waals surface area contributed by atoms with Gasteiger partial charge in [-0.2, -0.15) is 5.26 Å². The van der Waals surface area contributed by atoms with Gasteiger partial charge in [-0.05, 0) is 31.0 Å². The van der Waals surface area contributed by atoms with Crippen LogP contribution in [0.4, 0.5) is 5.69 Å². The van der Waals surface area contributed by atoms with Gasteiger partial charge in [-0.1, -0.05) is 15.9 Å². The van der Waals surface area contributed by atoms with E-state index in [-0.39, 0.29) is 12.0 Å². The van der Waals surface area contributed by atoms with E-state index in [4.69, 9.17) is 10.00 Å². The van der Waals surface area contributed by atoms with Crippen molar-refractivity contribution in [2.24, 2.45) is 0 Å². The van der Waals surface area contributed by atoms with E-state index < -0.39 is 0 Å². The molecule has 1 heterocycles. The lowest BCUT2D eigenvalue weighted by Crippen LogP contribution is -2.37. The summed E-state index contributed by atoms with van der Waals surface area (Å²) in [5, 5.41) is 9.14. The number of benzene rings is 1. The molecule has 1 unspecified atom stereocenters. The SMILES string of the molecule is COC(=O)C1CCCN1c1cc(Br)ccc1C#N. The third kappa shape index (κ3) is 2.34. The van der Waals surface area contributed by atoms with Crippen molar-refractivity contribution in [1.82, 2.24) is 0 Å². The predicted molar refractivity (Wildman–Crippen MR) is 71.2 cm³/mol. The Hall–Kier alpha value is -1.54. The van der Waals surface area contributed by atoms with E-state index in [1.807, 2.05) is 17.0 Å². The van der Waals surface area contributed by atoms with Crippen molar-refractivity contribution in [3.05, 3.63) is 28.2 Å². The molecule has 0 aromatic heterocycles. The smallest absolute Gasteiger partial charge is 0.328 e. The number of carbonyl (C=O) groups is 1. The Morgan fingerprint density at radius 3 is 3.06 bits per heavy atom. The first-order valence-corrected chi connectivity index (χ1v) is 6.51. The van der Waals surface area contributed by atoms with Gasteiger partial charge in [0.2, 0.25) is 0 Å². The summed E-state index contributed by atoms with van der Waals surface area (Å²) in [5.41, 5.74) is 1.37. The van der Waals surface area contributed by atoms with E-state index in [1.165, 1.54) is 7.11 Å². The molecule has 0 amide bonds. The molecule has 94 valence electrons. The largest absolute Gasteiger partial charge is 0.467 e. The third-order valence-electron chi connectivity index (χ3n) is 3.12. The molecule has 1 saturated heterocycles. The Morgan fingerprint density at radius 1 is 1.61 bits per heavy atom. The van der Waals surface area contributed by atoms with Crippen molar-refractivity contribution >= 4 is 27.6 Å². The molecule has 1 aliphatic rings. The highest BCUT2D eigenvalue weighted by Crippen LogP contribution is 2.31. The second kappa shape index (κ2) is 5.40. The van der Waals surface area contributed by atoms with Gasteiger partial charge < -0.3 is 9.64 Å². The number of rotatable bonds is 2. The van der Waals surface area contributed by atoms with Crippen molar-refractivity contribution in [1.29, 1.82) is 5.26 Å². The second-order valence-corrected chi connectivity index (χ2v) is 5.06. The Balaban J connectivity index is 2.39. The Labute approximate surface area is 114 Å². The van der Waals surface area contributed by atoms with Gasteiger partial charge in [0.05, 0.1) is 18.4 Å². The van der Waals surface area contributed by atoms with Crippen molar-refractivity contribution in [3.8, 4) is 6.07 Å². The van der Waals surface area contributed by atoms with Crippen LogP contribution in [0.25, 0.3) is 0 Å². The first kappa shape index (κ1) is 12.9. The van der Waals surface area contributed by atoms with Crippen LogP contribution in [0.5, 0.6) is 0 Å². The Morgan fingerprint density at radius 2 is 2.39 bits per heavy atom. The summed E-state index contributed by atoms with van der Waals surface area (Å²) in [7, 11) is 1.39. The van der Waals surface area contributed by atoms with Crippen LogP contribution < -0.4 is 4.90 Å². The number of esters is 1. The fourth-order valence-corrected chi connectivity index (χ4v) is 2.62. The van der Waals surface area contributed by atoms with Crippen LogP contribution in [-0.4, -0.2) is 25.7 Å². The number of anilines is 1. The fourth-order valence-electron chi connectivity index (χ4n) is 2.27. The lowest BCUT2D eigenvalue weighted by molar-refractivity contribution is -0.141. The standard InChI is InChI=1S/C13H13BrN2O2/c1-18-13(17)11-3-2-6-16(11)12-7-10(14)5-4-9(12)8-15/h4-5,7,11H,2-3,6H2,1H3. The van der Waals surface area contributed by atoms with E-state index in [2.05, 4.69) is 22.0 Å². The lowest BCUT2D eigenvalue weighted by Gasteiger charge is -2.25. The highest BCUT2D eigenvalue weighted by atomic mass is 79.9. The number of carbonyl (C=O) groups excluding carboxylic acids is 1. The van der Waals surface area contributed by atoms with Gasteiger partial charge in [0.25, 0.3) is 0 Å². The summed E-state index contributed by atoms with van der Waals surface area (Å²) >= 11 is 3.39. The summed E-state index contributed by atoms with van der Waals surface area (Å²) in [6.07, 6.45) is 1.70. The zero-order valence-corrected chi connectivity index (χ0v) is 11.6. The molecule has 1 aromatic carbocycles. The Bertz CT molecular complexity index is 510. The molecule has 0 radical (unpaired) electrons. The summed E-state index contributed by atoms with van der Waals surface area (Å²) in [6, 6.07) is 7.34. The lowest BCUT2D eigenvalue weighted by atomic mass is 10.1. The normalized spacial score (nSPS) is 18.5. The molecule has 1 atom stereocenters. The quantitative estimate of drug-likeness (QED) is 0.788. The van der Waals surface area contributed by atoms with Gasteiger partial charge in [-0.15, -0.1) is 0 Å². The molecule has 18 heavy (non-hydrogen) atoms. The van der Waals surface area contributed by atoms with E-state index in [9.17, 15) is 4.79 Å². The Kier molecular flexibility index (Phi) is 3.87. The topological polar surface area (TPSA) is 53.3 Å². The molecule has 0 aliphatic carbocycles. The first-order valence-electron chi connectivity index (χ1n) is 5.71. The summed E-state index contributed by atoms with van der Waals surface area (Å²) in [4.78, 5) is 13.7. The third-order valence-corrected chi connectivity index (χ3v) is 3.61. The maximum atomic E-state index is 11.7. The van der Waals surface area contributed by atoms with Crippen LogP contribution >= 0.6 is 15.9 Å². The van der Waals surface area contributed by atoms with Crippen LogP contribution in [0.15, 0.2) is 22.7 Å². The average Bonchev–Trinajstić information content (AvgIpc) is 2.86. The minimum absolute atomic E-state index is 0.239. The van der Waals surface area contributed by atoms with E-state index in [1.54, 1.807) is 6.07 Å². The number of nitriles is 1. The fraction of sp³-hybridized carbons (Fsp3) is 0.385. The number of hydrogen-bond donors (Lipinski definition) is 0. The molecule has 0 N–H and O–H groups in total. The van der Waals surface area contributed by atoms with Crippen LogP contribution in [0.2, 0.25) is 0 Å². The molecule has 4 nitrogen and oxygen atoms in total. The maximum Gasteiger partial charge on any atom is 0.328 e. The van der Waals surface area contributed by atoms with Gasteiger partial charge >= 0.3 is 5.97 Å². The van der Waals surface area contributed by atoms with E-state index in [0.717, 1.165) is 29.5 Å². The molecule has 5 heteroatoms. The molecule has 0 spiro atoms. The van der Waals surface area contributed by atoms with Crippen LogP contribution in [0.3, 0.4) is 0 Å². The minimum atomic E-state index is -0.281. The maximum absolute atomic E-state index is 11.7. The van der Waals surface area contributed by atoms with Crippen molar-refractivity contribution in [2.75, 3.05) is 18.6 Å². The zero-order valence-electron chi connectivity index (χ0n) is 10.0. The second-order valence-electron chi connectivity index (χ2n) is 4.15. The van der Waals surface area contributed by atoms with Crippen LogP contribution in [0, 0.1) is 11.3 Å². The van der Waals surface area contributed by atoms with Crippen molar-refractivity contribution in [2.45, 2.75) is 18.9 Å². The molecular formula is C13H13BrN2O2. The van der Waals surface area contributed by atoms with Gasteiger partial charge in [0, 0.05) is 11.0 Å². The number of nitrogens with zero attached hydrogens (tertiary/aromatic N) is 2. The van der Waals surface area contributed by atoms with Gasteiger partial charge in [-0.25, -0.2) is 4.79 Å². The molecule has 0 saturated carbocycles. The molecule has 0 bridgehead atoms. The van der Waals surface area contributed by atoms with Gasteiger partial charge in [-0.3, -0.25) is 0 Å². The monoisotopic (exact) mass is 308 g/mol.